The highest BCUT2D eigenvalue weighted by Gasteiger charge is 2.20. The molecule has 0 aliphatic rings. The van der Waals surface area contributed by atoms with Crippen LogP contribution in [0.1, 0.15) is 13.8 Å². The summed E-state index contributed by atoms with van der Waals surface area (Å²) >= 11 is 11.9. The van der Waals surface area contributed by atoms with Crippen LogP contribution in [0, 0.1) is 40.9 Å². The monoisotopic (exact) mass is 1120 g/mol. The van der Waals surface area contributed by atoms with Gasteiger partial charge < -0.3 is 14.9 Å². The summed E-state index contributed by atoms with van der Waals surface area (Å²) in [6, 6.07) is 76.7. The topological polar surface area (TPSA) is 170 Å². The van der Waals surface area contributed by atoms with Crippen molar-refractivity contribution in [3.8, 4) is 103 Å². The third-order valence-corrected chi connectivity index (χ3v) is 11.8. The molecule has 2 aromatic heterocycles. The van der Waals surface area contributed by atoms with Crippen LogP contribution in [0.15, 0.2) is 237 Å². The third-order valence-electron chi connectivity index (χ3n) is 11.2. The van der Waals surface area contributed by atoms with Gasteiger partial charge in [-0.25, -0.2) is 45.3 Å². The SMILES string of the molecule is CC#N.CC#N.Fc1c(-c2ccccc2)cc(-c2nc(-c3ccccc3)nc(-c3ccccc3)n2)cc1-c1ccccc1.Fc1c(Cl)cc(-c2nc(-c3ccccc3)nc(-c3ccccc3)n2)cc1Cl.OB(O)c1ccccc1.[C-]#[N+]C. The van der Waals surface area contributed by atoms with Crippen LogP contribution in [-0.4, -0.2) is 54.1 Å². The largest absolute Gasteiger partial charge is 0.488 e. The molecule has 2 N–H and O–H groups in total. The average Bonchev–Trinajstić information content (AvgIpc) is 3.60. The Hall–Kier alpha value is -10.1. The molecule has 82 heavy (non-hydrogen) atoms. The minimum absolute atomic E-state index is 0.0829. The minimum Gasteiger partial charge on any atom is -0.423 e. The van der Waals surface area contributed by atoms with E-state index in [-0.39, 0.29) is 15.9 Å². The summed E-state index contributed by atoms with van der Waals surface area (Å²) in [5.41, 5.74) is 7.81. The van der Waals surface area contributed by atoms with Crippen LogP contribution < -0.4 is 5.46 Å². The number of rotatable bonds is 9. The van der Waals surface area contributed by atoms with Gasteiger partial charge in [0.25, 0.3) is 0 Å². The van der Waals surface area contributed by atoms with E-state index in [4.69, 9.17) is 65.3 Å². The molecule has 0 unspecified atom stereocenters. The van der Waals surface area contributed by atoms with Crippen molar-refractivity contribution in [1.29, 1.82) is 10.5 Å². The van der Waals surface area contributed by atoms with Crippen LogP contribution in [0.4, 0.5) is 8.78 Å². The van der Waals surface area contributed by atoms with Crippen LogP contribution in [-0.2, 0) is 0 Å². The van der Waals surface area contributed by atoms with Gasteiger partial charge in [0.2, 0.25) is 7.05 Å². The maximum Gasteiger partial charge on any atom is 0.488 e. The molecular formula is C66H50BCl2F2N9O2. The van der Waals surface area contributed by atoms with Gasteiger partial charge in [-0.15, -0.1) is 0 Å². The zero-order valence-corrected chi connectivity index (χ0v) is 46.0. The van der Waals surface area contributed by atoms with Gasteiger partial charge in [-0.1, -0.05) is 236 Å². The molecule has 0 fully saturated rings. The van der Waals surface area contributed by atoms with Gasteiger partial charge in [0.05, 0.1) is 22.2 Å². The molecule has 0 spiro atoms. The highest BCUT2D eigenvalue weighted by molar-refractivity contribution is 6.58. The average molecular weight is 1120 g/mol. The number of nitriles is 2. The number of hydrogen-bond donors (Lipinski definition) is 2. The lowest BCUT2D eigenvalue weighted by molar-refractivity contribution is 0.426. The molecule has 0 bridgehead atoms. The molecule has 9 aromatic carbocycles. The van der Waals surface area contributed by atoms with Crippen LogP contribution in [0.3, 0.4) is 0 Å². The van der Waals surface area contributed by atoms with Gasteiger partial charge in [0.1, 0.15) is 5.82 Å². The van der Waals surface area contributed by atoms with Crippen molar-refractivity contribution in [2.24, 2.45) is 0 Å². The molecule has 402 valence electrons. The molecule has 0 aliphatic carbocycles. The van der Waals surface area contributed by atoms with Crippen molar-refractivity contribution >= 4 is 35.8 Å². The van der Waals surface area contributed by atoms with Gasteiger partial charge in [-0.2, -0.15) is 10.5 Å². The van der Waals surface area contributed by atoms with Gasteiger partial charge in [-0.05, 0) is 40.9 Å². The van der Waals surface area contributed by atoms with Crippen molar-refractivity contribution in [2.75, 3.05) is 7.05 Å². The second-order valence-electron chi connectivity index (χ2n) is 16.9. The Balaban J connectivity index is 0.000000209. The van der Waals surface area contributed by atoms with E-state index in [9.17, 15) is 4.39 Å². The smallest absolute Gasteiger partial charge is 0.423 e. The molecule has 0 amide bonds. The van der Waals surface area contributed by atoms with Crippen molar-refractivity contribution in [2.45, 2.75) is 13.8 Å². The molecule has 0 radical (unpaired) electrons. The maximum absolute atomic E-state index is 16.0. The maximum atomic E-state index is 16.0. The van der Waals surface area contributed by atoms with Crippen molar-refractivity contribution in [3.05, 3.63) is 270 Å². The highest BCUT2D eigenvalue weighted by Crippen LogP contribution is 2.37. The Morgan fingerprint density at radius 1 is 0.390 bits per heavy atom. The van der Waals surface area contributed by atoms with E-state index in [2.05, 4.69) is 19.8 Å². The fourth-order valence-electron chi connectivity index (χ4n) is 7.59. The summed E-state index contributed by atoms with van der Waals surface area (Å²) in [7, 11) is 0.0752. The number of nitrogens with zero attached hydrogens (tertiary/aromatic N) is 9. The Morgan fingerprint density at radius 2 is 0.598 bits per heavy atom. The zero-order valence-electron chi connectivity index (χ0n) is 44.5. The van der Waals surface area contributed by atoms with E-state index in [0.717, 1.165) is 38.9 Å². The summed E-state index contributed by atoms with van der Waals surface area (Å²) in [6.45, 7) is 8.69. The summed E-state index contributed by atoms with van der Waals surface area (Å²) in [5.74, 6) is 2.07. The lowest BCUT2D eigenvalue weighted by Gasteiger charge is -2.14. The summed E-state index contributed by atoms with van der Waals surface area (Å²) in [5, 5.41) is 31.6. The van der Waals surface area contributed by atoms with Gasteiger partial charge in [-0.3, -0.25) is 0 Å². The molecule has 0 aliphatic heterocycles. The minimum atomic E-state index is -1.34. The second kappa shape index (κ2) is 32.1. The first-order valence-electron chi connectivity index (χ1n) is 25.0. The van der Waals surface area contributed by atoms with E-state index >= 15 is 4.39 Å². The third kappa shape index (κ3) is 17.4. The number of halogens is 4. The van der Waals surface area contributed by atoms with Crippen LogP contribution >= 0.6 is 23.2 Å². The molecule has 16 heteroatoms. The summed E-state index contributed by atoms with van der Waals surface area (Å²) in [6.07, 6.45) is 0. The molecule has 0 atom stereocenters. The predicted octanol–water partition coefficient (Wildman–Crippen LogP) is 15.6. The highest BCUT2D eigenvalue weighted by atomic mass is 35.5. The summed E-state index contributed by atoms with van der Waals surface area (Å²) < 4.78 is 29.8. The van der Waals surface area contributed by atoms with Gasteiger partial charge >= 0.3 is 7.12 Å². The number of aromatic nitrogens is 6. The lowest BCUT2D eigenvalue weighted by Crippen LogP contribution is -2.29. The number of benzene rings is 9. The Morgan fingerprint density at radius 3 is 0.829 bits per heavy atom. The Labute approximate surface area is 485 Å². The zero-order chi connectivity index (χ0) is 58.6. The Bertz CT molecular complexity index is 3670. The van der Waals surface area contributed by atoms with Gasteiger partial charge in [0.15, 0.2) is 40.8 Å². The van der Waals surface area contributed by atoms with E-state index in [1.807, 2.05) is 200 Å². The predicted molar refractivity (Wildman–Crippen MR) is 324 cm³/mol. The van der Waals surface area contributed by atoms with E-state index < -0.39 is 12.9 Å². The molecule has 0 saturated heterocycles. The first-order chi connectivity index (χ1) is 39.9. The van der Waals surface area contributed by atoms with Crippen LogP contribution in [0.2, 0.25) is 10.0 Å². The van der Waals surface area contributed by atoms with Gasteiger partial charge in [0, 0.05) is 58.4 Å². The van der Waals surface area contributed by atoms with E-state index in [1.54, 1.807) is 36.4 Å². The first kappa shape index (κ1) is 61.1. The van der Waals surface area contributed by atoms with Crippen LogP contribution in [0.5, 0.6) is 0 Å². The van der Waals surface area contributed by atoms with Crippen molar-refractivity contribution in [3.63, 3.8) is 0 Å². The van der Waals surface area contributed by atoms with Crippen molar-refractivity contribution in [1.82, 2.24) is 29.9 Å². The molecule has 2 heterocycles. The fraction of sp³-hybridized carbons (Fsp3) is 0.0455. The summed E-state index contributed by atoms with van der Waals surface area (Å²) in [4.78, 5) is 30.9. The molecule has 11 nitrogen and oxygen atoms in total. The standard InChI is InChI=1S/C33H22FN3.C21H12Cl2FN3.C6H7BO2.3C2H3N/c34-30-28(23-13-5-1-6-14-23)21-27(22-29(30)24-15-7-2-8-16-24)33-36-31(25-17-9-3-10-18-25)35-32(37-33)26-19-11-4-12-20-26;22-16-11-15(12-17(23)18(16)24)21-26-19(13-7-3-1-4-8-13)25-20(27-21)14-9-5-2-6-10-14;8-7(9)6-4-2-1-3-5-6;1-3-2;2*1-2-3/h1-22H;1-12H;1-5,8-9H;3*1H3. The molecule has 0 saturated carbocycles. The Kier molecular flexibility index (Phi) is 23.9. The molecule has 11 aromatic rings. The second-order valence-corrected chi connectivity index (χ2v) is 17.7. The normalized spacial score (nSPS) is 9.73. The van der Waals surface area contributed by atoms with E-state index in [0.29, 0.717) is 57.1 Å². The number of hydrogen-bond acceptors (Lipinski definition) is 10. The molecule has 11 rings (SSSR count). The lowest BCUT2D eigenvalue weighted by atomic mass is 9.81. The van der Waals surface area contributed by atoms with E-state index in [1.165, 1.54) is 33.0 Å². The van der Waals surface area contributed by atoms with Crippen LogP contribution in [0.25, 0.3) is 95.4 Å². The fourth-order valence-corrected chi connectivity index (χ4v) is 8.08. The molecular weight excluding hydrogens is 1070 g/mol. The van der Waals surface area contributed by atoms with Crippen molar-refractivity contribution < 1.29 is 18.8 Å². The first-order valence-corrected chi connectivity index (χ1v) is 25.8. The quantitative estimate of drug-likeness (QED) is 0.0806.